The summed E-state index contributed by atoms with van der Waals surface area (Å²) in [6, 6.07) is 5.85. The second kappa shape index (κ2) is 7.45. The highest BCUT2D eigenvalue weighted by molar-refractivity contribution is 5.95. The SMILES string of the molecule is COCCCCNC(=O)c1ccc(C(=O)O)cc1. The van der Waals surface area contributed by atoms with Crippen molar-refractivity contribution in [2.24, 2.45) is 0 Å². The minimum Gasteiger partial charge on any atom is -0.478 e. The number of methoxy groups -OCH3 is 1. The molecule has 1 rings (SSSR count). The molecular weight excluding hydrogens is 234 g/mol. The molecule has 5 nitrogen and oxygen atoms in total. The van der Waals surface area contributed by atoms with Gasteiger partial charge >= 0.3 is 5.97 Å². The molecule has 98 valence electrons. The average Bonchev–Trinajstić information content (AvgIpc) is 2.38. The maximum atomic E-state index is 11.7. The zero-order valence-electron chi connectivity index (χ0n) is 10.3. The quantitative estimate of drug-likeness (QED) is 0.721. The predicted octanol–water partition coefficient (Wildman–Crippen LogP) is 1.54. The lowest BCUT2D eigenvalue weighted by Gasteiger charge is -2.05. The number of benzene rings is 1. The Hall–Kier alpha value is -1.88. The first-order valence-electron chi connectivity index (χ1n) is 5.75. The number of nitrogens with one attached hydrogen (secondary N) is 1. The van der Waals surface area contributed by atoms with Gasteiger partial charge in [0.2, 0.25) is 0 Å². The van der Waals surface area contributed by atoms with Crippen molar-refractivity contribution in [1.82, 2.24) is 5.32 Å². The number of carbonyl (C=O) groups is 2. The van der Waals surface area contributed by atoms with Crippen molar-refractivity contribution in [3.05, 3.63) is 35.4 Å². The summed E-state index contributed by atoms with van der Waals surface area (Å²) in [5.41, 5.74) is 0.637. The van der Waals surface area contributed by atoms with Crippen LogP contribution in [0.3, 0.4) is 0 Å². The molecule has 0 saturated carbocycles. The van der Waals surface area contributed by atoms with Crippen LogP contribution in [0.1, 0.15) is 33.6 Å². The van der Waals surface area contributed by atoms with Crippen molar-refractivity contribution >= 4 is 11.9 Å². The zero-order valence-corrected chi connectivity index (χ0v) is 10.3. The third-order valence-electron chi connectivity index (χ3n) is 2.45. The Kier molecular flexibility index (Phi) is 5.87. The van der Waals surface area contributed by atoms with E-state index in [0.29, 0.717) is 18.7 Å². The molecule has 0 aromatic heterocycles. The Morgan fingerprint density at radius 1 is 1.17 bits per heavy atom. The molecule has 0 radical (unpaired) electrons. The van der Waals surface area contributed by atoms with Crippen molar-refractivity contribution in [2.75, 3.05) is 20.3 Å². The first-order chi connectivity index (χ1) is 8.65. The zero-order chi connectivity index (χ0) is 13.4. The van der Waals surface area contributed by atoms with Crippen molar-refractivity contribution in [2.45, 2.75) is 12.8 Å². The van der Waals surface area contributed by atoms with Crippen molar-refractivity contribution in [3.8, 4) is 0 Å². The van der Waals surface area contributed by atoms with E-state index < -0.39 is 5.97 Å². The van der Waals surface area contributed by atoms with Crippen molar-refractivity contribution < 1.29 is 19.4 Å². The minimum atomic E-state index is -0.999. The molecule has 2 N–H and O–H groups in total. The van der Waals surface area contributed by atoms with Gasteiger partial charge in [-0.1, -0.05) is 0 Å². The van der Waals surface area contributed by atoms with Gasteiger partial charge in [-0.05, 0) is 37.1 Å². The number of amides is 1. The van der Waals surface area contributed by atoms with Crippen LogP contribution in [0.15, 0.2) is 24.3 Å². The summed E-state index contributed by atoms with van der Waals surface area (Å²) in [6.45, 7) is 1.27. The number of hydrogen-bond donors (Lipinski definition) is 2. The van der Waals surface area contributed by atoms with Gasteiger partial charge in [0.05, 0.1) is 5.56 Å². The number of carboxylic acid groups (broad SMARTS) is 1. The van der Waals surface area contributed by atoms with Gasteiger partial charge < -0.3 is 15.2 Å². The molecule has 0 saturated heterocycles. The number of carboxylic acids is 1. The van der Waals surface area contributed by atoms with Gasteiger partial charge in [-0.3, -0.25) is 4.79 Å². The van der Waals surface area contributed by atoms with Crippen molar-refractivity contribution in [3.63, 3.8) is 0 Å². The third kappa shape index (κ3) is 4.55. The minimum absolute atomic E-state index is 0.173. The monoisotopic (exact) mass is 251 g/mol. The van der Waals surface area contributed by atoms with E-state index in [1.54, 1.807) is 7.11 Å². The number of unbranched alkanes of at least 4 members (excludes halogenated alkanes) is 1. The Labute approximate surface area is 106 Å². The van der Waals surface area contributed by atoms with Crippen LogP contribution in [0, 0.1) is 0 Å². The van der Waals surface area contributed by atoms with Gasteiger partial charge in [0.15, 0.2) is 0 Å². The first kappa shape index (κ1) is 14.2. The van der Waals surface area contributed by atoms with Gasteiger partial charge in [-0.25, -0.2) is 4.79 Å². The van der Waals surface area contributed by atoms with Gasteiger partial charge in [0.1, 0.15) is 0 Å². The molecule has 5 heteroatoms. The molecule has 0 unspecified atom stereocenters. The van der Waals surface area contributed by atoms with Gasteiger partial charge in [0, 0.05) is 25.8 Å². The summed E-state index contributed by atoms with van der Waals surface area (Å²) >= 11 is 0. The molecular formula is C13H17NO4. The summed E-state index contributed by atoms with van der Waals surface area (Å²) in [7, 11) is 1.64. The first-order valence-corrected chi connectivity index (χ1v) is 5.75. The van der Waals surface area contributed by atoms with E-state index in [4.69, 9.17) is 9.84 Å². The van der Waals surface area contributed by atoms with Crippen LogP contribution in [-0.4, -0.2) is 37.2 Å². The lowest BCUT2D eigenvalue weighted by molar-refractivity contribution is 0.0696. The van der Waals surface area contributed by atoms with Crippen LogP contribution in [-0.2, 0) is 4.74 Å². The van der Waals surface area contributed by atoms with Gasteiger partial charge in [-0.15, -0.1) is 0 Å². The van der Waals surface area contributed by atoms with E-state index >= 15 is 0 Å². The highest BCUT2D eigenvalue weighted by atomic mass is 16.5. The normalized spacial score (nSPS) is 10.1. The number of carbonyl (C=O) groups excluding carboxylic acids is 1. The third-order valence-corrected chi connectivity index (χ3v) is 2.45. The molecule has 0 aliphatic heterocycles. The topological polar surface area (TPSA) is 75.6 Å². The van der Waals surface area contributed by atoms with E-state index in [1.807, 2.05) is 0 Å². The summed E-state index contributed by atoms with van der Waals surface area (Å²) in [5, 5.41) is 11.5. The standard InChI is InChI=1S/C13H17NO4/c1-18-9-3-2-8-14-12(15)10-4-6-11(7-5-10)13(16)17/h4-7H,2-3,8-9H2,1H3,(H,14,15)(H,16,17). The van der Waals surface area contributed by atoms with Crippen LogP contribution in [0.4, 0.5) is 0 Å². The summed E-state index contributed by atoms with van der Waals surface area (Å²) in [6.07, 6.45) is 1.75. The van der Waals surface area contributed by atoms with Gasteiger partial charge in [-0.2, -0.15) is 0 Å². The molecule has 0 aliphatic carbocycles. The van der Waals surface area contributed by atoms with E-state index in [-0.39, 0.29) is 11.5 Å². The van der Waals surface area contributed by atoms with E-state index in [0.717, 1.165) is 12.8 Å². The summed E-state index contributed by atoms with van der Waals surface area (Å²) < 4.78 is 4.90. The number of aromatic carboxylic acids is 1. The predicted molar refractivity (Wildman–Crippen MR) is 66.8 cm³/mol. The lowest BCUT2D eigenvalue weighted by atomic mass is 10.1. The van der Waals surface area contributed by atoms with Crippen LogP contribution >= 0.6 is 0 Å². The highest BCUT2D eigenvalue weighted by Crippen LogP contribution is 2.04. The fourth-order valence-corrected chi connectivity index (χ4v) is 1.44. The number of hydrogen-bond acceptors (Lipinski definition) is 3. The Balaban J connectivity index is 2.39. The molecule has 1 amide bonds. The van der Waals surface area contributed by atoms with Gasteiger partial charge in [0.25, 0.3) is 5.91 Å². The second-order valence-corrected chi connectivity index (χ2v) is 3.84. The maximum Gasteiger partial charge on any atom is 0.335 e. The molecule has 0 spiro atoms. The maximum absolute atomic E-state index is 11.7. The molecule has 0 aliphatic rings. The smallest absolute Gasteiger partial charge is 0.335 e. The van der Waals surface area contributed by atoms with Crippen LogP contribution in [0.5, 0.6) is 0 Å². The fourth-order valence-electron chi connectivity index (χ4n) is 1.44. The molecule has 0 heterocycles. The molecule has 0 bridgehead atoms. The number of rotatable bonds is 7. The summed E-state index contributed by atoms with van der Waals surface area (Å²) in [4.78, 5) is 22.3. The lowest BCUT2D eigenvalue weighted by Crippen LogP contribution is -2.24. The van der Waals surface area contributed by atoms with Crippen LogP contribution < -0.4 is 5.32 Å². The Bertz CT molecular complexity index is 400. The van der Waals surface area contributed by atoms with Crippen LogP contribution in [0.2, 0.25) is 0 Å². The van der Waals surface area contributed by atoms with E-state index in [2.05, 4.69) is 5.32 Å². The molecule has 1 aromatic carbocycles. The fraction of sp³-hybridized carbons (Fsp3) is 0.385. The summed E-state index contributed by atoms with van der Waals surface area (Å²) in [5.74, 6) is -1.19. The molecule has 0 fully saturated rings. The highest BCUT2D eigenvalue weighted by Gasteiger charge is 2.06. The Morgan fingerprint density at radius 3 is 2.33 bits per heavy atom. The number of ether oxygens (including phenoxy) is 1. The molecule has 18 heavy (non-hydrogen) atoms. The largest absolute Gasteiger partial charge is 0.478 e. The molecule has 1 aromatic rings. The van der Waals surface area contributed by atoms with Crippen LogP contribution in [0.25, 0.3) is 0 Å². The second-order valence-electron chi connectivity index (χ2n) is 3.84. The Morgan fingerprint density at radius 2 is 1.78 bits per heavy atom. The van der Waals surface area contributed by atoms with E-state index in [9.17, 15) is 9.59 Å². The molecule has 0 atom stereocenters. The van der Waals surface area contributed by atoms with Crippen molar-refractivity contribution in [1.29, 1.82) is 0 Å². The van der Waals surface area contributed by atoms with E-state index in [1.165, 1.54) is 24.3 Å². The average molecular weight is 251 g/mol.